The van der Waals surface area contributed by atoms with Crippen molar-refractivity contribution in [1.82, 2.24) is 5.32 Å². The highest BCUT2D eigenvalue weighted by Gasteiger charge is 2.21. The van der Waals surface area contributed by atoms with Crippen LogP contribution in [0.2, 0.25) is 0 Å². The topological polar surface area (TPSA) is 98.5 Å². The fourth-order valence-corrected chi connectivity index (χ4v) is 2.36. The van der Waals surface area contributed by atoms with E-state index in [-0.39, 0.29) is 0 Å². The van der Waals surface area contributed by atoms with Gasteiger partial charge in [0.15, 0.2) is 6.10 Å². The number of esters is 1. The lowest BCUT2D eigenvalue weighted by molar-refractivity contribution is -0.127. The number of amides is 3. The molecule has 0 fully saturated rings. The van der Waals surface area contributed by atoms with Crippen LogP contribution in [-0.4, -0.2) is 24.0 Å². The van der Waals surface area contributed by atoms with Crippen molar-refractivity contribution in [1.29, 1.82) is 0 Å². The molecule has 3 N–H and O–H groups in total. The first-order valence-corrected chi connectivity index (χ1v) is 7.90. The molecule has 2 aromatic rings. The quantitative estimate of drug-likeness (QED) is 0.788. The van der Waals surface area contributed by atoms with Crippen LogP contribution in [0.3, 0.4) is 0 Å². The van der Waals surface area contributed by atoms with Crippen LogP contribution in [0.25, 0.3) is 0 Å². The number of urea groups is 1. The number of nitrogens with one attached hydrogen (secondary N) is 1. The third kappa shape index (κ3) is 5.46. The van der Waals surface area contributed by atoms with Crippen LogP contribution in [0.4, 0.5) is 4.79 Å². The van der Waals surface area contributed by atoms with Crippen molar-refractivity contribution in [2.45, 2.75) is 25.9 Å². The molecule has 0 spiro atoms. The number of carbonyl (C=O) groups is 3. The number of hydrogen-bond acceptors (Lipinski definition) is 4. The smallest absolute Gasteiger partial charge is 0.339 e. The molecule has 0 aliphatic rings. The Morgan fingerprint density at radius 3 is 2.32 bits per heavy atom. The Hall–Kier alpha value is -3.15. The standard InChI is InChI=1S/C19H20N2O4/c1-13(17(22)21-19(20)24)25-18(23)16-10-6-5-9-15(16)12-11-14-7-3-2-4-8-14/h2-10,13H,11-12H2,1H3,(H3,20,21,22,24)/t13-/m0/s1. The third-order valence-electron chi connectivity index (χ3n) is 3.66. The second kappa shape index (κ2) is 8.63. The predicted octanol–water partition coefficient (Wildman–Crippen LogP) is 2.21. The van der Waals surface area contributed by atoms with Gasteiger partial charge in [-0.15, -0.1) is 0 Å². The number of ether oxygens (including phenoxy) is 1. The average molecular weight is 340 g/mol. The number of imide groups is 1. The van der Waals surface area contributed by atoms with Crippen molar-refractivity contribution in [3.05, 3.63) is 71.3 Å². The fraction of sp³-hybridized carbons (Fsp3) is 0.211. The molecule has 0 heterocycles. The normalized spacial score (nSPS) is 11.4. The molecular weight excluding hydrogens is 320 g/mol. The van der Waals surface area contributed by atoms with Crippen molar-refractivity contribution in [2.24, 2.45) is 5.73 Å². The van der Waals surface area contributed by atoms with Crippen LogP contribution in [0.5, 0.6) is 0 Å². The molecule has 0 radical (unpaired) electrons. The third-order valence-corrected chi connectivity index (χ3v) is 3.66. The van der Waals surface area contributed by atoms with Crippen LogP contribution < -0.4 is 11.1 Å². The van der Waals surface area contributed by atoms with Gasteiger partial charge in [0.25, 0.3) is 5.91 Å². The van der Waals surface area contributed by atoms with Gasteiger partial charge in [-0.1, -0.05) is 48.5 Å². The highest BCUT2D eigenvalue weighted by Crippen LogP contribution is 2.15. The molecule has 0 saturated carbocycles. The molecule has 0 aromatic heterocycles. The van der Waals surface area contributed by atoms with Gasteiger partial charge in [0.1, 0.15) is 0 Å². The maximum absolute atomic E-state index is 12.4. The highest BCUT2D eigenvalue weighted by atomic mass is 16.5. The minimum Gasteiger partial charge on any atom is -0.449 e. The lowest BCUT2D eigenvalue weighted by Crippen LogP contribution is -2.42. The number of carbonyl (C=O) groups excluding carboxylic acids is 3. The Bertz CT molecular complexity index is 759. The minimum absolute atomic E-state index is 0.400. The van der Waals surface area contributed by atoms with Crippen LogP contribution in [-0.2, 0) is 22.4 Å². The van der Waals surface area contributed by atoms with Gasteiger partial charge in [0.05, 0.1) is 5.56 Å². The zero-order chi connectivity index (χ0) is 18.2. The fourth-order valence-electron chi connectivity index (χ4n) is 2.36. The largest absolute Gasteiger partial charge is 0.449 e. The maximum atomic E-state index is 12.4. The van der Waals surface area contributed by atoms with E-state index in [0.29, 0.717) is 12.0 Å². The van der Waals surface area contributed by atoms with Gasteiger partial charge in [-0.3, -0.25) is 10.1 Å². The second-order valence-corrected chi connectivity index (χ2v) is 5.54. The summed E-state index contributed by atoms with van der Waals surface area (Å²) in [5.74, 6) is -1.38. The number of primary amides is 1. The molecule has 0 aliphatic carbocycles. The van der Waals surface area contributed by atoms with Gasteiger partial charge in [0, 0.05) is 0 Å². The first-order valence-electron chi connectivity index (χ1n) is 7.90. The van der Waals surface area contributed by atoms with E-state index in [2.05, 4.69) is 0 Å². The number of benzene rings is 2. The summed E-state index contributed by atoms with van der Waals surface area (Å²) in [6, 6.07) is 16.0. The Morgan fingerprint density at radius 2 is 1.64 bits per heavy atom. The van der Waals surface area contributed by atoms with Crippen LogP contribution >= 0.6 is 0 Å². The summed E-state index contributed by atoms with van der Waals surface area (Å²) in [7, 11) is 0. The van der Waals surface area contributed by atoms with E-state index in [1.807, 2.05) is 47.8 Å². The molecule has 2 aromatic carbocycles. The Morgan fingerprint density at radius 1 is 1.00 bits per heavy atom. The van der Waals surface area contributed by atoms with E-state index in [1.165, 1.54) is 12.5 Å². The van der Waals surface area contributed by atoms with Crippen molar-refractivity contribution in [3.8, 4) is 0 Å². The summed E-state index contributed by atoms with van der Waals surface area (Å²) in [6.07, 6.45) is 0.321. The van der Waals surface area contributed by atoms with Gasteiger partial charge < -0.3 is 10.5 Å². The number of aryl methyl sites for hydroxylation is 2. The van der Waals surface area contributed by atoms with E-state index in [1.54, 1.807) is 12.1 Å². The van der Waals surface area contributed by atoms with E-state index in [4.69, 9.17) is 10.5 Å². The highest BCUT2D eigenvalue weighted by molar-refractivity contribution is 5.98. The van der Waals surface area contributed by atoms with Gasteiger partial charge in [-0.05, 0) is 37.0 Å². The first-order chi connectivity index (χ1) is 12.0. The molecule has 0 aliphatic heterocycles. The Balaban J connectivity index is 2.04. The van der Waals surface area contributed by atoms with Crippen molar-refractivity contribution in [2.75, 3.05) is 0 Å². The van der Waals surface area contributed by atoms with Crippen molar-refractivity contribution < 1.29 is 19.1 Å². The molecule has 2 rings (SSSR count). The van der Waals surface area contributed by atoms with Gasteiger partial charge >= 0.3 is 12.0 Å². The monoisotopic (exact) mass is 340 g/mol. The first kappa shape index (κ1) is 18.2. The number of rotatable bonds is 6. The van der Waals surface area contributed by atoms with E-state index in [9.17, 15) is 14.4 Å². The van der Waals surface area contributed by atoms with Gasteiger partial charge in [-0.25, -0.2) is 9.59 Å². The average Bonchev–Trinajstić information content (AvgIpc) is 2.60. The minimum atomic E-state index is -1.12. The van der Waals surface area contributed by atoms with Gasteiger partial charge in [0.2, 0.25) is 0 Å². The molecular formula is C19H20N2O4. The van der Waals surface area contributed by atoms with Crippen molar-refractivity contribution >= 4 is 17.9 Å². The molecule has 0 saturated heterocycles. The number of nitrogens with two attached hydrogens (primary N) is 1. The maximum Gasteiger partial charge on any atom is 0.339 e. The second-order valence-electron chi connectivity index (χ2n) is 5.54. The van der Waals surface area contributed by atoms with E-state index < -0.39 is 24.0 Å². The van der Waals surface area contributed by atoms with E-state index >= 15 is 0 Å². The predicted molar refractivity (Wildman–Crippen MR) is 92.9 cm³/mol. The Labute approximate surface area is 146 Å². The molecule has 6 nitrogen and oxygen atoms in total. The molecule has 3 amide bonds. The molecule has 0 bridgehead atoms. The lowest BCUT2D eigenvalue weighted by Gasteiger charge is -2.14. The molecule has 6 heteroatoms. The molecule has 0 unspecified atom stereocenters. The summed E-state index contributed by atoms with van der Waals surface area (Å²) >= 11 is 0. The summed E-state index contributed by atoms with van der Waals surface area (Å²) in [4.78, 5) is 34.7. The van der Waals surface area contributed by atoms with E-state index in [0.717, 1.165) is 12.0 Å². The lowest BCUT2D eigenvalue weighted by atomic mass is 10.00. The molecule has 25 heavy (non-hydrogen) atoms. The molecule has 130 valence electrons. The number of hydrogen-bond donors (Lipinski definition) is 2. The van der Waals surface area contributed by atoms with Crippen LogP contribution in [0.1, 0.15) is 28.4 Å². The van der Waals surface area contributed by atoms with Crippen LogP contribution in [0, 0.1) is 0 Å². The Kier molecular flexibility index (Phi) is 6.28. The van der Waals surface area contributed by atoms with Crippen LogP contribution in [0.15, 0.2) is 54.6 Å². The summed E-state index contributed by atoms with van der Waals surface area (Å²) in [5.41, 5.74) is 7.28. The zero-order valence-corrected chi connectivity index (χ0v) is 13.9. The van der Waals surface area contributed by atoms with Crippen molar-refractivity contribution in [3.63, 3.8) is 0 Å². The zero-order valence-electron chi connectivity index (χ0n) is 13.9. The summed E-state index contributed by atoms with van der Waals surface area (Å²) < 4.78 is 5.13. The summed E-state index contributed by atoms with van der Waals surface area (Å²) in [5, 5.41) is 1.88. The SMILES string of the molecule is C[C@H](OC(=O)c1ccccc1CCc1ccccc1)C(=O)NC(N)=O. The summed E-state index contributed by atoms with van der Waals surface area (Å²) in [6.45, 7) is 1.38. The molecule has 1 atom stereocenters. The van der Waals surface area contributed by atoms with Gasteiger partial charge in [-0.2, -0.15) is 0 Å².